The van der Waals surface area contributed by atoms with Crippen LogP contribution >= 0.6 is 12.2 Å². The number of para-hydroxylation sites is 1. The number of hydrogen-bond acceptors (Lipinski definition) is 4. The van der Waals surface area contributed by atoms with Crippen LogP contribution in [0.3, 0.4) is 0 Å². The van der Waals surface area contributed by atoms with Gasteiger partial charge in [0.25, 0.3) is 5.91 Å². The Labute approximate surface area is 193 Å². The summed E-state index contributed by atoms with van der Waals surface area (Å²) < 4.78 is 0. The van der Waals surface area contributed by atoms with Crippen LogP contribution in [0.4, 0.5) is 17.1 Å². The summed E-state index contributed by atoms with van der Waals surface area (Å²) in [5.74, 6) is -0.185. The minimum absolute atomic E-state index is 0.185. The number of fused-ring (bicyclic) bond motifs is 1. The summed E-state index contributed by atoms with van der Waals surface area (Å²) in [6.45, 7) is 0. The number of hydrogen-bond donors (Lipinski definition) is 2. The molecule has 1 aliphatic heterocycles. The molecular formula is C25H25N5OS. The average molecular weight is 444 g/mol. The number of rotatable bonds is 4. The van der Waals surface area contributed by atoms with Crippen LogP contribution in [0.5, 0.6) is 0 Å². The molecule has 0 aliphatic carbocycles. The van der Waals surface area contributed by atoms with E-state index in [1.807, 2.05) is 97.9 Å². The van der Waals surface area contributed by atoms with Gasteiger partial charge in [-0.1, -0.05) is 48.5 Å². The van der Waals surface area contributed by atoms with E-state index in [4.69, 9.17) is 17.2 Å². The van der Waals surface area contributed by atoms with Crippen molar-refractivity contribution in [1.82, 2.24) is 5.32 Å². The lowest BCUT2D eigenvalue weighted by molar-refractivity contribution is -0.119. The number of aliphatic imine (C=N–C) groups is 1. The second-order valence-electron chi connectivity index (χ2n) is 7.70. The van der Waals surface area contributed by atoms with Crippen LogP contribution in [0.15, 0.2) is 83.9 Å². The van der Waals surface area contributed by atoms with Gasteiger partial charge in [0.2, 0.25) is 6.17 Å². The predicted octanol–water partition coefficient (Wildman–Crippen LogP) is 3.88. The normalized spacial score (nSPS) is 15.3. The van der Waals surface area contributed by atoms with Crippen molar-refractivity contribution in [3.05, 3.63) is 90.0 Å². The Hall–Kier alpha value is -3.71. The van der Waals surface area contributed by atoms with Gasteiger partial charge in [0.15, 0.2) is 5.11 Å². The standard InChI is InChI=1S/C25H25N5OS/c1-29(2)19-15-13-18(14-16-19)26-25(32)28-23-24(31)30(3)21-12-8-7-11-20(21)22(27-23)17-9-5-4-6-10-17/h4-16,23H,1-3H3,(H2,26,28,32). The minimum Gasteiger partial charge on any atom is -0.378 e. The molecule has 3 aromatic rings. The lowest BCUT2D eigenvalue weighted by Gasteiger charge is -2.22. The Morgan fingerprint density at radius 3 is 2.31 bits per heavy atom. The molecule has 1 aliphatic rings. The molecule has 0 bridgehead atoms. The van der Waals surface area contributed by atoms with E-state index in [1.165, 1.54) is 0 Å². The van der Waals surface area contributed by atoms with E-state index in [9.17, 15) is 4.79 Å². The second kappa shape index (κ2) is 9.20. The zero-order valence-corrected chi connectivity index (χ0v) is 19.1. The molecule has 7 heteroatoms. The quantitative estimate of drug-likeness (QED) is 0.600. The van der Waals surface area contributed by atoms with Crippen LogP contribution in [-0.2, 0) is 4.79 Å². The number of amides is 1. The average Bonchev–Trinajstić information content (AvgIpc) is 2.91. The molecule has 0 saturated carbocycles. The maximum absolute atomic E-state index is 13.3. The fourth-order valence-corrected chi connectivity index (χ4v) is 3.81. The monoisotopic (exact) mass is 443 g/mol. The number of carbonyl (C=O) groups is 1. The second-order valence-corrected chi connectivity index (χ2v) is 8.11. The van der Waals surface area contributed by atoms with Crippen LogP contribution < -0.4 is 20.4 Å². The molecule has 32 heavy (non-hydrogen) atoms. The zero-order chi connectivity index (χ0) is 22.7. The van der Waals surface area contributed by atoms with E-state index in [1.54, 1.807) is 11.9 Å². The number of benzene rings is 3. The molecule has 1 amide bonds. The van der Waals surface area contributed by atoms with Crippen molar-refractivity contribution in [2.45, 2.75) is 6.17 Å². The molecule has 2 N–H and O–H groups in total. The van der Waals surface area contributed by atoms with Crippen LogP contribution in [0.2, 0.25) is 0 Å². The van der Waals surface area contributed by atoms with Crippen molar-refractivity contribution in [3.8, 4) is 0 Å². The van der Waals surface area contributed by atoms with Crippen molar-refractivity contribution in [3.63, 3.8) is 0 Å². The van der Waals surface area contributed by atoms with Gasteiger partial charge in [0.05, 0.1) is 11.4 Å². The maximum atomic E-state index is 13.3. The highest BCUT2D eigenvalue weighted by atomic mass is 32.1. The Balaban J connectivity index is 1.63. The van der Waals surface area contributed by atoms with E-state index in [2.05, 4.69) is 10.6 Å². The lowest BCUT2D eigenvalue weighted by Crippen LogP contribution is -2.47. The highest BCUT2D eigenvalue weighted by Gasteiger charge is 2.30. The third-order valence-corrected chi connectivity index (χ3v) is 5.52. The van der Waals surface area contributed by atoms with Gasteiger partial charge >= 0.3 is 0 Å². The summed E-state index contributed by atoms with van der Waals surface area (Å²) in [5, 5.41) is 6.57. The summed E-state index contributed by atoms with van der Waals surface area (Å²) >= 11 is 5.51. The molecule has 4 rings (SSSR count). The summed E-state index contributed by atoms with van der Waals surface area (Å²) in [4.78, 5) is 21.7. The summed E-state index contributed by atoms with van der Waals surface area (Å²) in [6, 6.07) is 25.5. The van der Waals surface area contributed by atoms with E-state index in [0.717, 1.165) is 33.9 Å². The Morgan fingerprint density at radius 1 is 0.969 bits per heavy atom. The van der Waals surface area contributed by atoms with Crippen molar-refractivity contribution < 1.29 is 4.79 Å². The molecule has 0 aromatic heterocycles. The number of likely N-dealkylation sites (N-methyl/N-ethyl adjacent to an activating group) is 1. The number of anilines is 3. The van der Waals surface area contributed by atoms with Crippen molar-refractivity contribution in [2.24, 2.45) is 4.99 Å². The molecule has 6 nitrogen and oxygen atoms in total. The molecule has 1 unspecified atom stereocenters. The Kier molecular flexibility index (Phi) is 6.18. The van der Waals surface area contributed by atoms with Crippen molar-refractivity contribution in [1.29, 1.82) is 0 Å². The fraction of sp³-hybridized carbons (Fsp3) is 0.160. The van der Waals surface area contributed by atoms with Gasteiger partial charge in [-0.25, -0.2) is 4.99 Å². The van der Waals surface area contributed by atoms with Gasteiger partial charge in [0, 0.05) is 43.6 Å². The summed E-state index contributed by atoms with van der Waals surface area (Å²) in [6.07, 6.45) is -0.858. The van der Waals surface area contributed by atoms with Gasteiger partial charge in [0.1, 0.15) is 0 Å². The first-order chi connectivity index (χ1) is 15.4. The molecule has 1 atom stereocenters. The van der Waals surface area contributed by atoms with Crippen LogP contribution in [-0.4, -0.2) is 44.0 Å². The highest BCUT2D eigenvalue weighted by molar-refractivity contribution is 7.80. The van der Waals surface area contributed by atoms with Crippen molar-refractivity contribution in [2.75, 3.05) is 36.3 Å². The van der Waals surface area contributed by atoms with E-state index in [-0.39, 0.29) is 5.91 Å². The zero-order valence-electron chi connectivity index (χ0n) is 18.2. The molecule has 0 radical (unpaired) electrons. The van der Waals surface area contributed by atoms with Crippen LogP contribution in [0.25, 0.3) is 0 Å². The van der Waals surface area contributed by atoms with E-state index in [0.29, 0.717) is 5.11 Å². The summed E-state index contributed by atoms with van der Waals surface area (Å²) in [7, 11) is 5.74. The molecule has 1 heterocycles. The number of nitrogens with zero attached hydrogens (tertiary/aromatic N) is 3. The van der Waals surface area contributed by atoms with Gasteiger partial charge in [-0.15, -0.1) is 0 Å². The molecule has 3 aromatic carbocycles. The minimum atomic E-state index is -0.858. The van der Waals surface area contributed by atoms with Gasteiger partial charge < -0.3 is 20.4 Å². The van der Waals surface area contributed by atoms with Crippen LogP contribution in [0.1, 0.15) is 11.1 Å². The van der Waals surface area contributed by atoms with Crippen LogP contribution in [0, 0.1) is 0 Å². The predicted molar refractivity (Wildman–Crippen MR) is 136 cm³/mol. The largest absolute Gasteiger partial charge is 0.378 e. The molecule has 162 valence electrons. The first-order valence-corrected chi connectivity index (χ1v) is 10.7. The van der Waals surface area contributed by atoms with Gasteiger partial charge in [-0.2, -0.15) is 0 Å². The first kappa shape index (κ1) is 21.5. The van der Waals surface area contributed by atoms with Crippen molar-refractivity contribution >= 4 is 46.0 Å². The molecule has 0 spiro atoms. The summed E-state index contributed by atoms with van der Waals surface area (Å²) in [5.41, 5.74) is 5.31. The SMILES string of the molecule is CN(C)c1ccc(NC(=S)NC2N=C(c3ccccc3)c3ccccc3N(C)C2=O)cc1. The third-order valence-electron chi connectivity index (χ3n) is 5.30. The molecular weight excluding hydrogens is 418 g/mol. The number of thiocarbonyl (C=S) groups is 1. The fourth-order valence-electron chi connectivity index (χ4n) is 3.58. The number of carbonyl (C=O) groups excluding carboxylic acids is 1. The number of nitrogens with one attached hydrogen (secondary N) is 2. The number of benzodiazepines with no additional fused rings is 1. The molecule has 0 fully saturated rings. The maximum Gasteiger partial charge on any atom is 0.272 e. The van der Waals surface area contributed by atoms with E-state index >= 15 is 0 Å². The van der Waals surface area contributed by atoms with E-state index < -0.39 is 6.17 Å². The van der Waals surface area contributed by atoms with Gasteiger partial charge in [-0.05, 0) is 42.5 Å². The highest BCUT2D eigenvalue weighted by Crippen LogP contribution is 2.27. The Bertz CT molecular complexity index is 1160. The topological polar surface area (TPSA) is 60.0 Å². The first-order valence-electron chi connectivity index (χ1n) is 10.3. The third kappa shape index (κ3) is 4.48. The Morgan fingerprint density at radius 2 is 1.62 bits per heavy atom. The lowest BCUT2D eigenvalue weighted by atomic mass is 10.0. The smallest absolute Gasteiger partial charge is 0.272 e. The van der Waals surface area contributed by atoms with Gasteiger partial charge in [-0.3, -0.25) is 4.79 Å². The molecule has 0 saturated heterocycles.